The normalized spacial score (nSPS) is 18.1. The molecule has 0 saturated carbocycles. The van der Waals surface area contributed by atoms with Gasteiger partial charge in [0.2, 0.25) is 0 Å². The summed E-state index contributed by atoms with van der Waals surface area (Å²) < 4.78 is 36.0. The molecule has 4 atom stereocenters. The lowest BCUT2D eigenvalue weighted by Gasteiger charge is -2.22. The molecule has 2 heterocycles. The van der Waals surface area contributed by atoms with Gasteiger partial charge in [0.25, 0.3) is 0 Å². The Balaban J connectivity index is 0. The van der Waals surface area contributed by atoms with Crippen LogP contribution in [0.1, 0.15) is 27.7 Å². The highest BCUT2D eigenvalue weighted by atomic mass is 16.7. The molecule has 2 fully saturated rings. The van der Waals surface area contributed by atoms with Crippen molar-refractivity contribution >= 4 is 47.8 Å². The van der Waals surface area contributed by atoms with Crippen molar-refractivity contribution in [3.05, 3.63) is 0 Å². The number of ether oxygens (including phenoxy) is 8. The van der Waals surface area contributed by atoms with E-state index in [1.165, 1.54) is 27.7 Å². The van der Waals surface area contributed by atoms with Gasteiger partial charge in [-0.15, -0.1) is 0 Å². The van der Waals surface area contributed by atoms with Gasteiger partial charge in [-0.25, -0.2) is 38.4 Å². The highest BCUT2D eigenvalue weighted by Crippen LogP contribution is 2.08. The van der Waals surface area contributed by atoms with Gasteiger partial charge in [-0.1, -0.05) is 0 Å². The Morgan fingerprint density at radius 2 is 1.00 bits per heavy atom. The van der Waals surface area contributed by atoms with Gasteiger partial charge in [-0.05, 0) is 27.7 Å². The molecule has 0 aromatic carbocycles. The van der Waals surface area contributed by atoms with Crippen molar-refractivity contribution in [1.82, 2.24) is 0 Å². The van der Waals surface area contributed by atoms with Crippen molar-refractivity contribution in [2.75, 3.05) is 52.9 Å². The smallest absolute Gasteiger partial charge is 0.347 e. The zero-order valence-electron chi connectivity index (χ0n) is 24.3. The van der Waals surface area contributed by atoms with Crippen LogP contribution in [-0.4, -0.2) is 145 Å². The molecule has 0 aromatic rings. The Morgan fingerprint density at radius 3 is 1.25 bits per heavy atom. The van der Waals surface area contributed by atoms with Crippen LogP contribution in [0.3, 0.4) is 0 Å². The molecule has 0 bridgehead atoms. The summed E-state index contributed by atoms with van der Waals surface area (Å²) in [6, 6.07) is 0. The Labute approximate surface area is 250 Å². The van der Waals surface area contributed by atoms with Crippen molar-refractivity contribution < 1.29 is 96.7 Å². The number of carbonyl (C=O) groups is 8. The highest BCUT2D eigenvalue weighted by molar-refractivity contribution is 5.87. The first-order chi connectivity index (χ1) is 20.6. The molecule has 20 nitrogen and oxygen atoms in total. The molecule has 4 unspecified atom stereocenters. The first-order valence-corrected chi connectivity index (χ1v) is 12.5. The fourth-order valence-electron chi connectivity index (χ4n) is 2.08. The van der Waals surface area contributed by atoms with E-state index in [9.17, 15) is 38.4 Å². The minimum atomic E-state index is -1.21. The van der Waals surface area contributed by atoms with Crippen molar-refractivity contribution in [3.8, 4) is 0 Å². The molecule has 20 heteroatoms. The maximum absolute atomic E-state index is 11.3. The second-order valence-corrected chi connectivity index (χ2v) is 7.84. The highest BCUT2D eigenvalue weighted by Gasteiger charge is 2.32. The van der Waals surface area contributed by atoms with Crippen LogP contribution in [0.15, 0.2) is 0 Å². The predicted molar refractivity (Wildman–Crippen MR) is 134 cm³/mol. The van der Waals surface area contributed by atoms with Gasteiger partial charge in [0.1, 0.15) is 26.4 Å². The molecule has 2 saturated heterocycles. The third-order valence-electron chi connectivity index (χ3n) is 4.16. The topological polar surface area (TPSA) is 291 Å². The molecule has 252 valence electrons. The van der Waals surface area contributed by atoms with E-state index in [0.717, 1.165) is 0 Å². The van der Waals surface area contributed by atoms with Gasteiger partial charge in [-0.3, -0.25) is 0 Å². The molecule has 2 aliphatic heterocycles. The van der Waals surface area contributed by atoms with Gasteiger partial charge < -0.3 is 58.3 Å². The summed E-state index contributed by atoms with van der Waals surface area (Å²) in [5, 5.41) is 32.1. The number of hydrogen-bond donors (Lipinski definition) is 4. The van der Waals surface area contributed by atoms with Crippen LogP contribution in [-0.2, 0) is 76.3 Å². The second-order valence-electron chi connectivity index (χ2n) is 7.84. The third-order valence-corrected chi connectivity index (χ3v) is 4.16. The van der Waals surface area contributed by atoms with Gasteiger partial charge >= 0.3 is 47.8 Å². The number of aliphatic hydroxyl groups is 4. The Hall–Kier alpha value is -4.40. The SMILES string of the molecule is CC(OC(=O)CO)C(=O)OCCOC(=O)C(C)OC(=O)CO.CC1OC(=O)C(C)OC1=O.O=C1COC(=O)CO1.OCCO. The zero-order valence-corrected chi connectivity index (χ0v) is 24.3. The molecule has 0 amide bonds. The van der Waals surface area contributed by atoms with Crippen LogP contribution >= 0.6 is 0 Å². The lowest BCUT2D eigenvalue weighted by Crippen LogP contribution is -2.40. The maximum atomic E-state index is 11.3. The molecule has 44 heavy (non-hydrogen) atoms. The molecule has 0 radical (unpaired) electrons. The average Bonchev–Trinajstić information content (AvgIpc) is 3.00. The summed E-state index contributed by atoms with van der Waals surface area (Å²) >= 11 is 0. The van der Waals surface area contributed by atoms with E-state index in [4.69, 9.17) is 20.4 Å². The maximum Gasteiger partial charge on any atom is 0.347 e. The fraction of sp³-hybridized carbons (Fsp3) is 0.667. The van der Waals surface area contributed by atoms with Crippen LogP contribution in [0, 0.1) is 0 Å². The monoisotopic (exact) mass is 644 g/mol. The molecule has 2 aliphatic rings. The van der Waals surface area contributed by atoms with Crippen molar-refractivity contribution in [3.63, 3.8) is 0 Å². The summed E-state index contributed by atoms with van der Waals surface area (Å²) in [5.41, 5.74) is 0. The number of rotatable bonds is 10. The van der Waals surface area contributed by atoms with Gasteiger partial charge in [0.05, 0.1) is 13.2 Å². The van der Waals surface area contributed by atoms with Crippen LogP contribution in [0.5, 0.6) is 0 Å². The summed E-state index contributed by atoms with van der Waals surface area (Å²) in [6.07, 6.45) is -3.91. The lowest BCUT2D eigenvalue weighted by atomic mass is 10.3. The Kier molecular flexibility index (Phi) is 22.8. The molecule has 0 spiro atoms. The number of hydrogen-bond acceptors (Lipinski definition) is 20. The molecule has 2 rings (SSSR count). The van der Waals surface area contributed by atoms with Crippen LogP contribution in [0.4, 0.5) is 0 Å². The quantitative estimate of drug-likeness (QED) is 0.0996. The summed E-state index contributed by atoms with van der Waals surface area (Å²) in [7, 11) is 0. The van der Waals surface area contributed by atoms with Crippen molar-refractivity contribution in [1.29, 1.82) is 0 Å². The zero-order chi connectivity index (χ0) is 34.2. The fourth-order valence-corrected chi connectivity index (χ4v) is 2.08. The van der Waals surface area contributed by atoms with E-state index in [1.54, 1.807) is 0 Å². The largest absolute Gasteiger partial charge is 0.459 e. The Morgan fingerprint density at radius 1 is 0.682 bits per heavy atom. The molecule has 4 N–H and O–H groups in total. The van der Waals surface area contributed by atoms with E-state index in [2.05, 4.69) is 37.9 Å². The van der Waals surface area contributed by atoms with E-state index in [0.29, 0.717) is 0 Å². The van der Waals surface area contributed by atoms with E-state index in [1.807, 2.05) is 0 Å². The lowest BCUT2D eigenvalue weighted by molar-refractivity contribution is -0.191. The first kappa shape index (κ1) is 41.7. The Bertz CT molecular complexity index is 873. The second kappa shape index (κ2) is 24.1. The van der Waals surface area contributed by atoms with Crippen LogP contribution in [0.2, 0.25) is 0 Å². The third kappa shape index (κ3) is 20.5. The molecular formula is C24H36O20. The average molecular weight is 645 g/mol. The van der Waals surface area contributed by atoms with E-state index < -0.39 is 85.4 Å². The standard InChI is InChI=1S/C12H18O10.C6H8O4.C4H4O4.C2H6O2/c1-7(21-9(15)5-13)11(17)19-3-4-20-12(18)8(2)22-10(16)6-14;1-3-5(7)10-4(2)6(8)9-3;5-3-1-7-4(6)2-8-3;3-1-2-4/h7-8,13-14H,3-6H2,1-2H3;3-4H,1-2H3;1-2H2;3-4H,1-2H2. The first-order valence-electron chi connectivity index (χ1n) is 12.5. The summed E-state index contributed by atoms with van der Waals surface area (Å²) in [4.78, 5) is 85.6. The van der Waals surface area contributed by atoms with Crippen LogP contribution < -0.4 is 0 Å². The number of aliphatic hydroxyl groups excluding tert-OH is 4. The predicted octanol–water partition coefficient (Wildman–Crippen LogP) is -4.16. The number of cyclic esters (lactones) is 4. The van der Waals surface area contributed by atoms with Gasteiger partial charge in [0.15, 0.2) is 37.6 Å². The summed E-state index contributed by atoms with van der Waals surface area (Å²) in [6.45, 7) is 2.41. The minimum Gasteiger partial charge on any atom is -0.459 e. The molecule has 0 aliphatic carbocycles. The number of esters is 8. The van der Waals surface area contributed by atoms with Crippen molar-refractivity contribution in [2.24, 2.45) is 0 Å². The number of carbonyl (C=O) groups excluding carboxylic acids is 8. The minimum absolute atomic E-state index is 0.125. The summed E-state index contributed by atoms with van der Waals surface area (Å²) in [5.74, 6) is -5.63. The van der Waals surface area contributed by atoms with Crippen molar-refractivity contribution in [2.45, 2.75) is 52.1 Å². The van der Waals surface area contributed by atoms with E-state index in [-0.39, 0.29) is 39.6 Å². The van der Waals surface area contributed by atoms with E-state index >= 15 is 0 Å². The van der Waals surface area contributed by atoms with Gasteiger partial charge in [-0.2, -0.15) is 0 Å². The molecular weight excluding hydrogens is 608 g/mol. The molecule has 0 aromatic heterocycles. The van der Waals surface area contributed by atoms with Gasteiger partial charge in [0, 0.05) is 0 Å². The van der Waals surface area contributed by atoms with Crippen LogP contribution in [0.25, 0.3) is 0 Å².